The van der Waals surface area contributed by atoms with Crippen LogP contribution in [-0.4, -0.2) is 23.9 Å². The smallest absolute Gasteiger partial charge is 0.358 e. The molecular weight excluding hydrogens is 142 g/mol. The number of halogens is 2. The minimum Gasteiger partial charge on any atom is -0.393 e. The van der Waals surface area contributed by atoms with E-state index in [-0.39, 0.29) is 6.61 Å². The lowest BCUT2D eigenvalue weighted by Gasteiger charge is -2.14. The third-order valence-corrected chi connectivity index (χ3v) is 1.47. The van der Waals surface area contributed by atoms with Gasteiger partial charge in [-0.25, -0.2) is 0 Å². The van der Waals surface area contributed by atoms with Gasteiger partial charge in [-0.1, -0.05) is 0 Å². The number of hydrogen-bond acceptors (Lipinski definition) is 2. The summed E-state index contributed by atoms with van der Waals surface area (Å²) >= 11 is 0. The minimum atomic E-state index is -3.12. The molecule has 0 aromatic rings. The zero-order valence-corrected chi connectivity index (χ0v) is 5.52. The molecular formula is C6H10F2O2. The average molecular weight is 152 g/mol. The number of rotatable bonds is 0. The molecule has 0 aliphatic carbocycles. The largest absolute Gasteiger partial charge is 0.393 e. The van der Waals surface area contributed by atoms with Gasteiger partial charge >= 0.3 is 6.11 Å². The molecule has 1 N–H and O–H groups in total. The van der Waals surface area contributed by atoms with Crippen molar-refractivity contribution in [3.05, 3.63) is 0 Å². The summed E-state index contributed by atoms with van der Waals surface area (Å²) in [6.07, 6.45) is -3.66. The Balaban J connectivity index is 2.46. The fraction of sp³-hybridized carbons (Fsp3) is 1.00. The van der Waals surface area contributed by atoms with E-state index in [0.29, 0.717) is 12.8 Å². The minimum absolute atomic E-state index is 0.0457. The van der Waals surface area contributed by atoms with E-state index in [1.807, 2.05) is 0 Å². The highest BCUT2D eigenvalue weighted by molar-refractivity contribution is 4.66. The van der Waals surface area contributed by atoms with Crippen molar-refractivity contribution >= 4 is 0 Å². The van der Waals surface area contributed by atoms with Crippen LogP contribution in [0.3, 0.4) is 0 Å². The van der Waals surface area contributed by atoms with Crippen LogP contribution in [-0.2, 0) is 4.74 Å². The van der Waals surface area contributed by atoms with Gasteiger partial charge in [-0.3, -0.25) is 0 Å². The third-order valence-electron chi connectivity index (χ3n) is 1.47. The van der Waals surface area contributed by atoms with Crippen LogP contribution in [0.1, 0.15) is 19.3 Å². The molecule has 1 unspecified atom stereocenters. The van der Waals surface area contributed by atoms with E-state index in [0.717, 1.165) is 0 Å². The molecule has 0 aromatic heterocycles. The van der Waals surface area contributed by atoms with Crippen molar-refractivity contribution in [1.29, 1.82) is 0 Å². The van der Waals surface area contributed by atoms with Crippen LogP contribution in [0.2, 0.25) is 0 Å². The van der Waals surface area contributed by atoms with Gasteiger partial charge in [0.25, 0.3) is 0 Å². The summed E-state index contributed by atoms with van der Waals surface area (Å²) in [5, 5.41) is 8.86. The summed E-state index contributed by atoms with van der Waals surface area (Å²) in [7, 11) is 0. The highest BCUT2D eigenvalue weighted by atomic mass is 19.3. The fourth-order valence-corrected chi connectivity index (χ4v) is 0.976. The Hall–Kier alpha value is -0.220. The molecule has 1 aliphatic heterocycles. The molecule has 0 radical (unpaired) electrons. The molecule has 0 saturated carbocycles. The lowest BCUT2D eigenvalue weighted by Crippen LogP contribution is -2.23. The van der Waals surface area contributed by atoms with E-state index in [4.69, 9.17) is 5.11 Å². The first-order chi connectivity index (χ1) is 4.60. The van der Waals surface area contributed by atoms with Crippen molar-refractivity contribution in [2.24, 2.45) is 0 Å². The topological polar surface area (TPSA) is 29.5 Å². The predicted molar refractivity (Wildman–Crippen MR) is 30.8 cm³/mol. The first-order valence-electron chi connectivity index (χ1n) is 3.30. The van der Waals surface area contributed by atoms with Crippen molar-refractivity contribution in [2.45, 2.75) is 31.5 Å². The molecule has 1 atom stereocenters. The quantitative estimate of drug-likeness (QED) is 0.564. The molecule has 1 saturated heterocycles. The van der Waals surface area contributed by atoms with Gasteiger partial charge in [-0.05, 0) is 12.8 Å². The second-order valence-corrected chi connectivity index (χ2v) is 2.49. The van der Waals surface area contributed by atoms with Crippen molar-refractivity contribution < 1.29 is 18.6 Å². The molecule has 1 aliphatic rings. The summed E-state index contributed by atoms with van der Waals surface area (Å²) in [6.45, 7) is 0.0457. The Morgan fingerprint density at radius 3 is 2.90 bits per heavy atom. The van der Waals surface area contributed by atoms with Gasteiger partial charge in [-0.2, -0.15) is 8.78 Å². The lowest BCUT2D eigenvalue weighted by atomic mass is 10.1. The normalized spacial score (nSPS) is 33.3. The number of aliphatic hydroxyl groups excluding tert-OH is 1. The molecule has 0 spiro atoms. The van der Waals surface area contributed by atoms with E-state index in [9.17, 15) is 8.78 Å². The van der Waals surface area contributed by atoms with Gasteiger partial charge in [0, 0.05) is 0 Å². The summed E-state index contributed by atoms with van der Waals surface area (Å²) in [4.78, 5) is 0. The highest BCUT2D eigenvalue weighted by Gasteiger charge is 2.34. The first kappa shape index (κ1) is 7.88. The van der Waals surface area contributed by atoms with Crippen molar-refractivity contribution in [3.8, 4) is 0 Å². The van der Waals surface area contributed by atoms with Crippen molar-refractivity contribution in [2.75, 3.05) is 6.61 Å². The number of ether oxygens (including phenoxy) is 1. The second-order valence-electron chi connectivity index (χ2n) is 2.49. The monoisotopic (exact) mass is 152 g/mol. The Kier molecular flexibility index (Phi) is 2.21. The van der Waals surface area contributed by atoms with Crippen LogP contribution in [0.15, 0.2) is 0 Å². The lowest BCUT2D eigenvalue weighted by molar-refractivity contribution is -0.243. The van der Waals surface area contributed by atoms with Gasteiger partial charge in [-0.15, -0.1) is 0 Å². The number of hydrogen-bond donors (Lipinski definition) is 1. The van der Waals surface area contributed by atoms with Gasteiger partial charge in [0.1, 0.15) is 0 Å². The fourth-order valence-electron chi connectivity index (χ4n) is 0.976. The molecule has 1 fully saturated rings. The number of aliphatic hydroxyl groups is 1. The maximum absolute atomic E-state index is 12.3. The molecule has 4 heteroatoms. The van der Waals surface area contributed by atoms with Crippen LogP contribution in [0, 0.1) is 0 Å². The Bertz CT molecular complexity index is 116. The van der Waals surface area contributed by atoms with E-state index in [2.05, 4.69) is 4.74 Å². The Labute approximate surface area is 57.8 Å². The zero-order chi connectivity index (χ0) is 7.61. The average Bonchev–Trinajstić information content (AvgIpc) is 1.90. The summed E-state index contributed by atoms with van der Waals surface area (Å²) in [6, 6.07) is 0. The van der Waals surface area contributed by atoms with Gasteiger partial charge in [0.2, 0.25) is 0 Å². The molecule has 0 aromatic carbocycles. The molecule has 0 bridgehead atoms. The van der Waals surface area contributed by atoms with E-state index < -0.39 is 18.6 Å². The van der Waals surface area contributed by atoms with Crippen molar-refractivity contribution in [1.82, 2.24) is 0 Å². The van der Waals surface area contributed by atoms with Crippen LogP contribution in [0.5, 0.6) is 0 Å². The predicted octanol–water partition coefficient (Wildman–Crippen LogP) is 1.14. The van der Waals surface area contributed by atoms with E-state index in [1.54, 1.807) is 0 Å². The summed E-state index contributed by atoms with van der Waals surface area (Å²) < 4.78 is 28.8. The maximum atomic E-state index is 12.3. The molecule has 10 heavy (non-hydrogen) atoms. The van der Waals surface area contributed by atoms with Crippen molar-refractivity contribution in [3.63, 3.8) is 0 Å². The number of alkyl halides is 2. The highest BCUT2D eigenvalue weighted by Crippen LogP contribution is 2.26. The zero-order valence-electron chi connectivity index (χ0n) is 5.52. The molecule has 60 valence electrons. The van der Waals surface area contributed by atoms with Crippen LogP contribution in [0.4, 0.5) is 8.78 Å². The van der Waals surface area contributed by atoms with Gasteiger partial charge < -0.3 is 9.84 Å². The Morgan fingerprint density at radius 2 is 2.20 bits per heavy atom. The Morgan fingerprint density at radius 1 is 1.50 bits per heavy atom. The van der Waals surface area contributed by atoms with Gasteiger partial charge in [0.15, 0.2) is 0 Å². The van der Waals surface area contributed by atoms with Crippen LogP contribution in [0.25, 0.3) is 0 Å². The maximum Gasteiger partial charge on any atom is 0.358 e. The second kappa shape index (κ2) is 2.80. The third kappa shape index (κ3) is 2.19. The molecule has 1 heterocycles. The first-order valence-corrected chi connectivity index (χ1v) is 3.30. The van der Waals surface area contributed by atoms with Gasteiger partial charge in [0.05, 0.1) is 19.1 Å². The standard InChI is InChI=1S/C6H10F2O2/c7-6(8)4-5(9)2-1-3-10-6/h5,9H,1-4H2. The van der Waals surface area contributed by atoms with Crippen LogP contribution >= 0.6 is 0 Å². The summed E-state index contributed by atoms with van der Waals surface area (Å²) in [5.74, 6) is 0. The SMILES string of the molecule is OC1CCCOC(F)(F)C1. The van der Waals surface area contributed by atoms with E-state index in [1.165, 1.54) is 0 Å². The summed E-state index contributed by atoms with van der Waals surface area (Å²) in [5.41, 5.74) is 0. The van der Waals surface area contributed by atoms with E-state index >= 15 is 0 Å². The molecule has 1 rings (SSSR count). The van der Waals surface area contributed by atoms with Crippen LogP contribution < -0.4 is 0 Å². The molecule has 2 nitrogen and oxygen atoms in total. The molecule has 0 amide bonds.